The minimum atomic E-state index is -1.05. The fourth-order valence-electron chi connectivity index (χ4n) is 1.15. The molecule has 17 heavy (non-hydrogen) atoms. The van der Waals surface area contributed by atoms with Gasteiger partial charge in [0.05, 0.1) is 6.61 Å². The van der Waals surface area contributed by atoms with Crippen LogP contribution in [0, 0.1) is 10.7 Å². The van der Waals surface area contributed by atoms with Crippen LogP contribution in [0.5, 0.6) is 0 Å². The lowest BCUT2D eigenvalue weighted by atomic mass is 10.1. The molecule has 0 amide bonds. The van der Waals surface area contributed by atoms with E-state index in [0.29, 0.717) is 0 Å². The molecule has 0 aromatic heterocycles. The molecule has 0 aliphatic carbocycles. The van der Waals surface area contributed by atoms with Crippen LogP contribution in [-0.4, -0.2) is 17.7 Å². The molecule has 5 nitrogen and oxygen atoms in total. The van der Waals surface area contributed by atoms with Crippen LogP contribution in [0.4, 0.5) is 4.39 Å². The lowest BCUT2D eigenvalue weighted by Crippen LogP contribution is -2.08. The molecule has 0 aliphatic heterocycles. The standard InChI is InChI=1S/C11H10FNO4/c1-2-17-11(15)9(13-16)10(14)7-4-3-5-8(12)6-7/h3-6,14H,2H2,1H3/b10-9-. The van der Waals surface area contributed by atoms with Gasteiger partial charge in [-0.2, -0.15) is 0 Å². The highest BCUT2D eigenvalue weighted by Gasteiger charge is 2.19. The van der Waals surface area contributed by atoms with E-state index in [-0.39, 0.29) is 12.2 Å². The summed E-state index contributed by atoms with van der Waals surface area (Å²) >= 11 is 0. The first kappa shape index (κ1) is 12.8. The van der Waals surface area contributed by atoms with Crippen molar-refractivity contribution in [2.45, 2.75) is 6.92 Å². The van der Waals surface area contributed by atoms with E-state index in [1.54, 1.807) is 6.92 Å². The summed E-state index contributed by atoms with van der Waals surface area (Å²) in [5.41, 5.74) is -0.801. The molecule has 0 fully saturated rings. The second-order valence-electron chi connectivity index (χ2n) is 3.02. The first-order chi connectivity index (χ1) is 8.10. The van der Waals surface area contributed by atoms with Gasteiger partial charge in [0.25, 0.3) is 0 Å². The third-order valence-corrected chi connectivity index (χ3v) is 1.88. The molecular formula is C11H10FNO4. The summed E-state index contributed by atoms with van der Waals surface area (Å²) in [4.78, 5) is 21.7. The Balaban J connectivity index is 3.17. The van der Waals surface area contributed by atoms with Gasteiger partial charge in [-0.3, -0.25) is 0 Å². The maximum atomic E-state index is 12.9. The van der Waals surface area contributed by atoms with Gasteiger partial charge in [0, 0.05) is 5.56 Å². The summed E-state index contributed by atoms with van der Waals surface area (Å²) in [6, 6.07) is 4.80. The lowest BCUT2D eigenvalue weighted by molar-refractivity contribution is -0.138. The average Bonchev–Trinajstić information content (AvgIpc) is 2.30. The van der Waals surface area contributed by atoms with Gasteiger partial charge in [-0.25, -0.2) is 9.18 Å². The zero-order chi connectivity index (χ0) is 12.8. The smallest absolute Gasteiger partial charge is 0.364 e. The predicted octanol–water partition coefficient (Wildman–Crippen LogP) is 2.38. The Morgan fingerprint density at radius 2 is 2.24 bits per heavy atom. The minimum absolute atomic E-state index is 0.0207. The number of carbonyl (C=O) groups excluding carboxylic acids is 1. The number of aliphatic hydroxyl groups excluding tert-OH is 1. The second kappa shape index (κ2) is 5.74. The predicted molar refractivity (Wildman–Crippen MR) is 58.4 cm³/mol. The molecule has 0 aliphatic rings. The third-order valence-electron chi connectivity index (χ3n) is 1.88. The summed E-state index contributed by atoms with van der Waals surface area (Å²) in [6.07, 6.45) is 0. The van der Waals surface area contributed by atoms with Gasteiger partial charge in [-0.1, -0.05) is 12.1 Å². The van der Waals surface area contributed by atoms with Crippen molar-refractivity contribution in [1.82, 2.24) is 0 Å². The van der Waals surface area contributed by atoms with E-state index in [1.807, 2.05) is 0 Å². The van der Waals surface area contributed by atoms with Crippen molar-refractivity contribution < 1.29 is 19.0 Å². The fourth-order valence-corrected chi connectivity index (χ4v) is 1.15. The number of nitroso groups, excluding NO2 is 1. The van der Waals surface area contributed by atoms with Crippen molar-refractivity contribution in [3.05, 3.63) is 46.3 Å². The van der Waals surface area contributed by atoms with Crippen molar-refractivity contribution in [2.24, 2.45) is 5.18 Å². The Kier molecular flexibility index (Phi) is 4.33. The number of halogens is 1. The normalized spacial score (nSPS) is 11.6. The van der Waals surface area contributed by atoms with E-state index in [1.165, 1.54) is 12.1 Å². The van der Waals surface area contributed by atoms with Gasteiger partial charge in [-0.15, -0.1) is 4.91 Å². The SMILES string of the molecule is CCOC(=O)/C(N=O)=C(/O)c1cccc(F)c1. The van der Waals surface area contributed by atoms with E-state index < -0.39 is 23.2 Å². The van der Waals surface area contributed by atoms with Gasteiger partial charge in [-0.05, 0) is 24.2 Å². The highest BCUT2D eigenvalue weighted by atomic mass is 19.1. The van der Waals surface area contributed by atoms with Crippen LogP contribution in [0.2, 0.25) is 0 Å². The number of hydrogen-bond acceptors (Lipinski definition) is 5. The maximum Gasteiger partial charge on any atom is 0.364 e. The highest BCUT2D eigenvalue weighted by Crippen LogP contribution is 2.18. The van der Waals surface area contributed by atoms with Crippen LogP contribution in [-0.2, 0) is 9.53 Å². The number of hydrogen-bond donors (Lipinski definition) is 1. The van der Waals surface area contributed by atoms with E-state index in [4.69, 9.17) is 0 Å². The molecular weight excluding hydrogens is 229 g/mol. The van der Waals surface area contributed by atoms with E-state index in [0.717, 1.165) is 12.1 Å². The van der Waals surface area contributed by atoms with Crippen molar-refractivity contribution in [1.29, 1.82) is 0 Å². The lowest BCUT2D eigenvalue weighted by Gasteiger charge is -2.04. The largest absolute Gasteiger partial charge is 0.505 e. The number of nitrogens with zero attached hydrogens (tertiary/aromatic N) is 1. The molecule has 1 aromatic carbocycles. The molecule has 6 heteroatoms. The topological polar surface area (TPSA) is 76.0 Å². The maximum absolute atomic E-state index is 12.9. The monoisotopic (exact) mass is 239 g/mol. The van der Waals surface area contributed by atoms with Crippen LogP contribution < -0.4 is 0 Å². The minimum Gasteiger partial charge on any atom is -0.505 e. The second-order valence-corrected chi connectivity index (χ2v) is 3.02. The molecule has 90 valence electrons. The van der Waals surface area contributed by atoms with Crippen molar-refractivity contribution in [2.75, 3.05) is 6.61 Å². The van der Waals surface area contributed by atoms with Crippen LogP contribution in [0.25, 0.3) is 5.76 Å². The van der Waals surface area contributed by atoms with Gasteiger partial charge in [0.1, 0.15) is 5.82 Å². The third kappa shape index (κ3) is 3.10. The van der Waals surface area contributed by atoms with Crippen LogP contribution in [0.15, 0.2) is 35.1 Å². The molecule has 0 heterocycles. The Bertz CT molecular complexity index is 470. The number of ether oxygens (including phenoxy) is 1. The molecule has 1 aromatic rings. The van der Waals surface area contributed by atoms with E-state index in [2.05, 4.69) is 9.91 Å². The fraction of sp³-hybridized carbons (Fsp3) is 0.182. The zero-order valence-corrected chi connectivity index (χ0v) is 9.01. The Morgan fingerprint density at radius 1 is 1.53 bits per heavy atom. The Labute approximate surface area is 96.5 Å². The Morgan fingerprint density at radius 3 is 2.76 bits per heavy atom. The van der Waals surface area contributed by atoms with Crippen molar-refractivity contribution >= 4 is 11.7 Å². The average molecular weight is 239 g/mol. The summed E-state index contributed by atoms with van der Waals surface area (Å²) in [5, 5.41) is 12.0. The Hall–Kier alpha value is -2.24. The van der Waals surface area contributed by atoms with E-state index >= 15 is 0 Å². The summed E-state index contributed by atoms with van der Waals surface area (Å²) in [7, 11) is 0. The summed E-state index contributed by atoms with van der Waals surface area (Å²) in [5.74, 6) is -2.37. The number of aliphatic hydroxyl groups is 1. The van der Waals surface area contributed by atoms with Crippen LogP contribution >= 0.6 is 0 Å². The van der Waals surface area contributed by atoms with Crippen LogP contribution in [0.1, 0.15) is 12.5 Å². The van der Waals surface area contributed by atoms with Gasteiger partial charge in [0.15, 0.2) is 5.76 Å². The van der Waals surface area contributed by atoms with Crippen molar-refractivity contribution in [3.8, 4) is 0 Å². The summed E-state index contributed by atoms with van der Waals surface area (Å²) < 4.78 is 17.4. The molecule has 0 radical (unpaired) electrons. The molecule has 1 rings (SSSR count). The van der Waals surface area contributed by atoms with E-state index in [9.17, 15) is 19.2 Å². The molecule has 0 unspecified atom stereocenters. The quantitative estimate of drug-likeness (QED) is 0.379. The summed E-state index contributed by atoms with van der Waals surface area (Å²) in [6.45, 7) is 1.58. The molecule has 0 spiro atoms. The molecule has 0 saturated carbocycles. The van der Waals surface area contributed by atoms with Gasteiger partial charge < -0.3 is 9.84 Å². The molecule has 0 saturated heterocycles. The van der Waals surface area contributed by atoms with Crippen molar-refractivity contribution in [3.63, 3.8) is 0 Å². The number of carbonyl (C=O) groups is 1. The van der Waals surface area contributed by atoms with Crippen LogP contribution in [0.3, 0.4) is 0 Å². The number of esters is 1. The zero-order valence-electron chi connectivity index (χ0n) is 9.01. The molecule has 0 atom stereocenters. The highest BCUT2D eigenvalue weighted by molar-refractivity contribution is 5.95. The molecule has 1 N–H and O–H groups in total. The number of benzene rings is 1. The molecule has 0 bridgehead atoms. The van der Waals surface area contributed by atoms with Gasteiger partial charge >= 0.3 is 5.97 Å². The van der Waals surface area contributed by atoms with Gasteiger partial charge in [0.2, 0.25) is 5.70 Å². The first-order valence-corrected chi connectivity index (χ1v) is 4.79. The first-order valence-electron chi connectivity index (χ1n) is 4.79. The number of rotatable bonds is 4.